The lowest BCUT2D eigenvalue weighted by Crippen LogP contribution is -2.41. The second kappa shape index (κ2) is 15.9. The number of benzene rings is 3. The predicted octanol–water partition coefficient (Wildman–Crippen LogP) is 3.01. The summed E-state index contributed by atoms with van der Waals surface area (Å²) in [6.07, 6.45) is -3.05. The van der Waals surface area contributed by atoms with Crippen molar-refractivity contribution < 1.29 is 38.4 Å². The van der Waals surface area contributed by atoms with Crippen LogP contribution in [-0.2, 0) is 29.4 Å². The SMILES string of the molecule is CNC(=O)CCO[C@@H]1[C@H](O)[C@@H](COC(c2ccccc2)(c2ccc(OC)cc2)c2ccc(OC)cc2)O[C@H]1n1ccc(NC(C)=O)nc1=O. The summed E-state index contributed by atoms with van der Waals surface area (Å²) in [5.41, 5.74) is 0.429. The number of carbonyl (C=O) groups excluding carboxylic acids is 2. The number of aliphatic hydroxyl groups excluding tert-OH is 1. The Kier molecular flexibility index (Phi) is 11.4. The molecule has 0 saturated carbocycles. The van der Waals surface area contributed by atoms with Gasteiger partial charge in [0.15, 0.2) is 6.23 Å². The number of methoxy groups -OCH3 is 2. The van der Waals surface area contributed by atoms with E-state index in [1.165, 1.54) is 30.8 Å². The highest BCUT2D eigenvalue weighted by molar-refractivity contribution is 5.87. The minimum atomic E-state index is -1.28. The second-order valence-corrected chi connectivity index (χ2v) is 11.3. The maximum Gasteiger partial charge on any atom is 0.351 e. The molecule has 0 radical (unpaired) electrons. The monoisotopic (exact) mass is 672 g/mol. The molecule has 4 aromatic rings. The van der Waals surface area contributed by atoms with Crippen molar-refractivity contribution in [1.82, 2.24) is 14.9 Å². The smallest absolute Gasteiger partial charge is 0.351 e. The molecule has 1 aliphatic heterocycles. The van der Waals surface area contributed by atoms with Gasteiger partial charge in [0.2, 0.25) is 11.8 Å². The van der Waals surface area contributed by atoms with Crippen LogP contribution in [0.2, 0.25) is 0 Å². The lowest BCUT2D eigenvalue weighted by atomic mass is 9.80. The Morgan fingerprint density at radius 3 is 2.04 bits per heavy atom. The van der Waals surface area contributed by atoms with Crippen LogP contribution in [0.15, 0.2) is 95.9 Å². The fraction of sp³-hybridized carbons (Fsp3) is 0.333. The molecule has 1 fully saturated rings. The Morgan fingerprint density at radius 1 is 0.918 bits per heavy atom. The van der Waals surface area contributed by atoms with Gasteiger partial charge in [-0.1, -0.05) is 54.6 Å². The molecule has 0 bridgehead atoms. The maximum absolute atomic E-state index is 13.1. The van der Waals surface area contributed by atoms with Crippen LogP contribution in [0.3, 0.4) is 0 Å². The first-order chi connectivity index (χ1) is 23.7. The van der Waals surface area contributed by atoms with Gasteiger partial charge in [-0.05, 0) is 47.0 Å². The summed E-state index contributed by atoms with van der Waals surface area (Å²) in [5, 5.41) is 16.7. The lowest BCUT2D eigenvalue weighted by Gasteiger charge is -2.37. The summed E-state index contributed by atoms with van der Waals surface area (Å²) in [4.78, 5) is 40.5. The van der Waals surface area contributed by atoms with Crippen molar-refractivity contribution in [2.75, 3.05) is 39.8 Å². The summed E-state index contributed by atoms with van der Waals surface area (Å²) in [6.45, 7) is 1.11. The molecule has 2 amide bonds. The molecular formula is C36H40N4O9. The maximum atomic E-state index is 13.1. The Morgan fingerprint density at radius 2 is 1.51 bits per heavy atom. The van der Waals surface area contributed by atoms with Gasteiger partial charge in [-0.2, -0.15) is 4.98 Å². The first-order valence-electron chi connectivity index (χ1n) is 15.7. The number of hydrogen-bond donors (Lipinski definition) is 3. The minimum absolute atomic E-state index is 0.0221. The molecule has 13 heteroatoms. The number of aliphatic hydroxyl groups is 1. The highest BCUT2D eigenvalue weighted by Gasteiger charge is 2.48. The average Bonchev–Trinajstić information content (AvgIpc) is 3.43. The highest BCUT2D eigenvalue weighted by Crippen LogP contribution is 2.43. The molecule has 4 atom stereocenters. The lowest BCUT2D eigenvalue weighted by molar-refractivity contribution is -0.124. The first kappa shape index (κ1) is 35.2. The topological polar surface area (TPSA) is 159 Å². The number of aromatic nitrogens is 2. The van der Waals surface area contributed by atoms with Crippen molar-refractivity contribution >= 4 is 17.6 Å². The van der Waals surface area contributed by atoms with Crippen LogP contribution in [0.1, 0.15) is 36.3 Å². The van der Waals surface area contributed by atoms with Gasteiger partial charge in [0.05, 0.1) is 27.4 Å². The predicted molar refractivity (Wildman–Crippen MR) is 179 cm³/mol. The number of hydrogen-bond acceptors (Lipinski definition) is 10. The second-order valence-electron chi connectivity index (χ2n) is 11.3. The zero-order valence-corrected chi connectivity index (χ0v) is 27.7. The first-order valence-corrected chi connectivity index (χ1v) is 15.7. The van der Waals surface area contributed by atoms with Crippen molar-refractivity contribution in [3.05, 3.63) is 118 Å². The van der Waals surface area contributed by atoms with Crippen molar-refractivity contribution in [1.29, 1.82) is 0 Å². The molecule has 1 aliphatic rings. The summed E-state index contributed by atoms with van der Waals surface area (Å²) in [6, 6.07) is 26.1. The number of rotatable bonds is 14. The fourth-order valence-electron chi connectivity index (χ4n) is 5.81. The number of ether oxygens (including phenoxy) is 5. The third-order valence-electron chi connectivity index (χ3n) is 8.28. The number of nitrogens with zero attached hydrogens (tertiary/aromatic N) is 2. The van der Waals surface area contributed by atoms with Gasteiger partial charge in [-0.3, -0.25) is 14.2 Å². The van der Waals surface area contributed by atoms with Gasteiger partial charge < -0.3 is 39.4 Å². The van der Waals surface area contributed by atoms with Crippen LogP contribution in [0, 0.1) is 0 Å². The third-order valence-corrected chi connectivity index (χ3v) is 8.28. The van der Waals surface area contributed by atoms with Crippen molar-refractivity contribution in [3.63, 3.8) is 0 Å². The molecule has 0 spiro atoms. The van der Waals surface area contributed by atoms with E-state index in [-0.39, 0.29) is 37.3 Å². The average molecular weight is 673 g/mol. The van der Waals surface area contributed by atoms with Crippen LogP contribution in [0.4, 0.5) is 5.82 Å². The third kappa shape index (κ3) is 7.81. The molecular weight excluding hydrogens is 632 g/mol. The van der Waals surface area contributed by atoms with E-state index in [1.54, 1.807) is 14.2 Å². The normalized spacial score (nSPS) is 18.9. The van der Waals surface area contributed by atoms with Crippen LogP contribution in [0.5, 0.6) is 11.5 Å². The quantitative estimate of drug-likeness (QED) is 0.170. The summed E-state index contributed by atoms with van der Waals surface area (Å²) < 4.78 is 31.3. The van der Waals surface area contributed by atoms with Crippen LogP contribution in [-0.4, -0.2) is 79.3 Å². The van der Waals surface area contributed by atoms with Crippen molar-refractivity contribution in [2.45, 2.75) is 43.5 Å². The Balaban J connectivity index is 1.53. The zero-order chi connectivity index (χ0) is 35.0. The van der Waals surface area contributed by atoms with Gasteiger partial charge in [-0.25, -0.2) is 4.79 Å². The number of anilines is 1. The van der Waals surface area contributed by atoms with E-state index in [9.17, 15) is 19.5 Å². The molecule has 1 saturated heterocycles. The van der Waals surface area contributed by atoms with Crippen LogP contribution in [0.25, 0.3) is 0 Å². The van der Waals surface area contributed by atoms with Gasteiger partial charge in [0.1, 0.15) is 41.2 Å². The van der Waals surface area contributed by atoms with Gasteiger partial charge >= 0.3 is 5.69 Å². The fourth-order valence-corrected chi connectivity index (χ4v) is 5.81. The molecule has 3 aromatic carbocycles. The van der Waals surface area contributed by atoms with Crippen molar-refractivity contribution in [2.24, 2.45) is 0 Å². The van der Waals surface area contributed by atoms with Gasteiger partial charge in [-0.15, -0.1) is 0 Å². The minimum Gasteiger partial charge on any atom is -0.497 e. The van der Waals surface area contributed by atoms with E-state index in [0.29, 0.717) is 11.5 Å². The molecule has 1 aromatic heterocycles. The number of nitrogens with one attached hydrogen (secondary N) is 2. The summed E-state index contributed by atoms with van der Waals surface area (Å²) in [5.74, 6) is 0.752. The zero-order valence-electron chi connectivity index (χ0n) is 27.7. The molecule has 0 aliphatic carbocycles. The molecule has 0 unspecified atom stereocenters. The molecule has 5 rings (SSSR count). The van der Waals surface area contributed by atoms with E-state index >= 15 is 0 Å². The van der Waals surface area contributed by atoms with Gasteiger partial charge in [0, 0.05) is 26.6 Å². The molecule has 3 N–H and O–H groups in total. The van der Waals surface area contributed by atoms with Gasteiger partial charge in [0.25, 0.3) is 0 Å². The largest absolute Gasteiger partial charge is 0.497 e. The molecule has 258 valence electrons. The van der Waals surface area contributed by atoms with E-state index in [1.807, 2.05) is 78.9 Å². The number of carbonyl (C=O) groups is 2. The Labute approximate surface area is 283 Å². The van der Waals surface area contributed by atoms with E-state index < -0.39 is 35.8 Å². The number of amides is 2. The summed E-state index contributed by atoms with van der Waals surface area (Å²) >= 11 is 0. The molecule has 2 heterocycles. The standard InChI is InChI=1S/C36H40N4O9/c1-23(41)38-30-18-20-40(35(44)39-30)34-33(47-21-19-31(42)37-2)32(43)29(49-34)22-48-36(24-8-6-5-7-9-24,25-10-14-27(45-3)15-11-25)26-12-16-28(46-4)17-13-26/h5-18,20,29,32-34,43H,19,21-22H2,1-4H3,(H,37,42)(H,38,39,41,44)/t29-,32-,33-,34-/m1/s1. The van der Waals surface area contributed by atoms with Crippen molar-refractivity contribution in [3.8, 4) is 11.5 Å². The molecule has 49 heavy (non-hydrogen) atoms. The molecule has 13 nitrogen and oxygen atoms in total. The highest BCUT2D eigenvalue weighted by atomic mass is 16.6. The van der Waals surface area contributed by atoms with E-state index in [4.69, 9.17) is 23.7 Å². The van der Waals surface area contributed by atoms with Crippen LogP contribution >= 0.6 is 0 Å². The Bertz CT molecular complexity index is 1720. The van der Waals surface area contributed by atoms with E-state index in [2.05, 4.69) is 15.6 Å². The van der Waals surface area contributed by atoms with Crippen LogP contribution < -0.4 is 25.8 Å². The Hall–Kier alpha value is -5.08. The van der Waals surface area contributed by atoms with E-state index in [0.717, 1.165) is 16.7 Å². The summed E-state index contributed by atoms with van der Waals surface area (Å²) in [7, 11) is 4.70.